The minimum Gasteiger partial charge on any atom is -0.490 e. The van der Waals surface area contributed by atoms with Crippen LogP contribution in [0.5, 0.6) is 5.75 Å². The number of hydrogen-bond donors (Lipinski definition) is 1. The van der Waals surface area contributed by atoms with Crippen molar-refractivity contribution in [1.82, 2.24) is 0 Å². The zero-order valence-electron chi connectivity index (χ0n) is 16.0. The maximum atomic E-state index is 12.7. The monoisotopic (exact) mass is 422 g/mol. The molecule has 0 radical (unpaired) electrons. The second-order valence-electron chi connectivity index (χ2n) is 6.28. The molecule has 2 rings (SSSR count). The van der Waals surface area contributed by atoms with Crippen molar-refractivity contribution in [2.75, 3.05) is 22.5 Å². The number of amides is 1. The standard InChI is InChI=1S/C20H23ClN2O4S/c1-5-12-27-18-10-8-17(9-11-18)22-20(24)15(3)23(28(4,25)26)19-13-16(21)7-6-14(19)2/h5-11,13,15H,1,12H2,2-4H3,(H,22,24)/t15-/m0/s1. The zero-order chi connectivity index (χ0) is 20.9. The molecule has 0 fully saturated rings. The molecule has 2 aromatic carbocycles. The number of sulfonamides is 1. The molecule has 28 heavy (non-hydrogen) atoms. The van der Waals surface area contributed by atoms with Gasteiger partial charge < -0.3 is 10.1 Å². The lowest BCUT2D eigenvalue weighted by atomic mass is 10.1. The Balaban J connectivity index is 2.24. The van der Waals surface area contributed by atoms with Gasteiger partial charge in [-0.2, -0.15) is 0 Å². The molecule has 0 aliphatic heterocycles. The summed E-state index contributed by atoms with van der Waals surface area (Å²) in [4.78, 5) is 12.7. The van der Waals surface area contributed by atoms with Crippen LogP contribution in [0.3, 0.4) is 0 Å². The SMILES string of the molecule is C=CCOc1ccc(NC(=O)[C@H](C)N(c2cc(Cl)ccc2C)S(C)(=O)=O)cc1. The Hall–Kier alpha value is -2.51. The number of carbonyl (C=O) groups is 1. The van der Waals surface area contributed by atoms with Crippen LogP contribution >= 0.6 is 11.6 Å². The highest BCUT2D eigenvalue weighted by Gasteiger charge is 2.30. The summed E-state index contributed by atoms with van der Waals surface area (Å²) < 4.78 is 31.3. The fraction of sp³-hybridized carbons (Fsp3) is 0.250. The van der Waals surface area contributed by atoms with Crippen LogP contribution < -0.4 is 14.4 Å². The second kappa shape index (κ2) is 9.12. The third kappa shape index (κ3) is 5.50. The molecule has 1 amide bonds. The van der Waals surface area contributed by atoms with Gasteiger partial charge in [0.15, 0.2) is 0 Å². The second-order valence-corrected chi connectivity index (χ2v) is 8.57. The molecule has 0 heterocycles. The van der Waals surface area contributed by atoms with E-state index in [0.29, 0.717) is 34.3 Å². The number of anilines is 2. The van der Waals surface area contributed by atoms with Gasteiger partial charge in [0.25, 0.3) is 0 Å². The first-order valence-electron chi connectivity index (χ1n) is 8.53. The maximum Gasteiger partial charge on any atom is 0.247 e. The molecule has 2 aromatic rings. The van der Waals surface area contributed by atoms with Gasteiger partial charge in [-0.25, -0.2) is 8.42 Å². The van der Waals surface area contributed by atoms with Crippen LogP contribution in [0.1, 0.15) is 12.5 Å². The van der Waals surface area contributed by atoms with Crippen molar-refractivity contribution < 1.29 is 17.9 Å². The van der Waals surface area contributed by atoms with Crippen LogP contribution in [0.25, 0.3) is 0 Å². The van der Waals surface area contributed by atoms with Crippen molar-refractivity contribution in [2.24, 2.45) is 0 Å². The molecule has 0 aromatic heterocycles. The van der Waals surface area contributed by atoms with E-state index in [2.05, 4.69) is 11.9 Å². The summed E-state index contributed by atoms with van der Waals surface area (Å²) in [5, 5.41) is 3.11. The third-order valence-electron chi connectivity index (χ3n) is 3.99. The molecular weight excluding hydrogens is 400 g/mol. The summed E-state index contributed by atoms with van der Waals surface area (Å²) in [7, 11) is -3.73. The summed E-state index contributed by atoms with van der Waals surface area (Å²) in [5.74, 6) is 0.169. The molecule has 0 aliphatic carbocycles. The quantitative estimate of drug-likeness (QED) is 0.652. The van der Waals surface area contributed by atoms with Gasteiger partial charge in [-0.3, -0.25) is 9.10 Å². The summed E-state index contributed by atoms with van der Waals surface area (Å²) >= 11 is 6.04. The normalized spacial score (nSPS) is 12.1. The average molecular weight is 423 g/mol. The van der Waals surface area contributed by atoms with E-state index < -0.39 is 22.0 Å². The molecule has 0 spiro atoms. The third-order valence-corrected chi connectivity index (χ3v) is 5.45. The molecule has 0 unspecified atom stereocenters. The Kier molecular flexibility index (Phi) is 7.10. The van der Waals surface area contributed by atoms with Crippen LogP contribution in [-0.4, -0.2) is 33.2 Å². The van der Waals surface area contributed by atoms with Crippen LogP contribution in [0.2, 0.25) is 5.02 Å². The van der Waals surface area contributed by atoms with Crippen molar-refractivity contribution in [1.29, 1.82) is 0 Å². The van der Waals surface area contributed by atoms with Gasteiger partial charge in [0.2, 0.25) is 15.9 Å². The first kappa shape index (κ1) is 21.8. The Morgan fingerprint density at radius 3 is 2.50 bits per heavy atom. The minimum absolute atomic E-state index is 0.367. The highest BCUT2D eigenvalue weighted by Crippen LogP contribution is 2.28. The van der Waals surface area contributed by atoms with Crippen LogP contribution in [-0.2, 0) is 14.8 Å². The molecule has 0 saturated carbocycles. The summed E-state index contributed by atoms with van der Waals surface area (Å²) in [6, 6.07) is 10.7. The number of benzene rings is 2. The number of rotatable bonds is 8. The molecule has 1 atom stereocenters. The van der Waals surface area contributed by atoms with Gasteiger partial charge >= 0.3 is 0 Å². The molecule has 8 heteroatoms. The van der Waals surface area contributed by atoms with E-state index in [1.165, 1.54) is 13.0 Å². The van der Waals surface area contributed by atoms with E-state index in [9.17, 15) is 13.2 Å². The Bertz CT molecular complexity index is 959. The minimum atomic E-state index is -3.73. The smallest absolute Gasteiger partial charge is 0.247 e. The average Bonchev–Trinajstić information content (AvgIpc) is 2.63. The Morgan fingerprint density at radius 1 is 1.29 bits per heavy atom. The number of nitrogens with zero attached hydrogens (tertiary/aromatic N) is 1. The van der Waals surface area contributed by atoms with Crippen LogP contribution in [0, 0.1) is 6.92 Å². The molecule has 1 N–H and O–H groups in total. The van der Waals surface area contributed by atoms with Crippen LogP contribution in [0.4, 0.5) is 11.4 Å². The lowest BCUT2D eigenvalue weighted by molar-refractivity contribution is -0.116. The number of hydrogen-bond acceptors (Lipinski definition) is 4. The topological polar surface area (TPSA) is 75.7 Å². The lowest BCUT2D eigenvalue weighted by Crippen LogP contribution is -2.45. The Morgan fingerprint density at radius 2 is 1.93 bits per heavy atom. The van der Waals surface area contributed by atoms with Crippen molar-refractivity contribution in [3.8, 4) is 5.75 Å². The van der Waals surface area contributed by atoms with Crippen molar-refractivity contribution in [2.45, 2.75) is 19.9 Å². The van der Waals surface area contributed by atoms with Gasteiger partial charge in [-0.05, 0) is 55.8 Å². The highest BCUT2D eigenvalue weighted by atomic mass is 35.5. The van der Waals surface area contributed by atoms with Crippen LogP contribution in [0.15, 0.2) is 55.1 Å². The predicted octanol–water partition coefficient (Wildman–Crippen LogP) is 4.01. The summed E-state index contributed by atoms with van der Waals surface area (Å²) in [5.41, 5.74) is 1.59. The zero-order valence-corrected chi connectivity index (χ0v) is 17.5. The van der Waals surface area contributed by atoms with Gasteiger partial charge in [0.05, 0.1) is 11.9 Å². The van der Waals surface area contributed by atoms with Gasteiger partial charge in [0.1, 0.15) is 18.4 Å². The molecular formula is C20H23ClN2O4S. The summed E-state index contributed by atoms with van der Waals surface area (Å²) in [6.45, 7) is 7.25. The van der Waals surface area contributed by atoms with E-state index in [0.717, 1.165) is 10.6 Å². The number of ether oxygens (including phenoxy) is 1. The number of carbonyl (C=O) groups excluding carboxylic acids is 1. The largest absolute Gasteiger partial charge is 0.490 e. The maximum absolute atomic E-state index is 12.7. The van der Waals surface area contributed by atoms with Gasteiger partial charge in [-0.15, -0.1) is 0 Å². The first-order valence-corrected chi connectivity index (χ1v) is 10.8. The number of halogens is 1. The van der Waals surface area contributed by atoms with E-state index in [-0.39, 0.29) is 0 Å². The number of aryl methyl sites for hydroxylation is 1. The fourth-order valence-electron chi connectivity index (χ4n) is 2.64. The fourth-order valence-corrected chi connectivity index (χ4v) is 4.03. The van der Waals surface area contributed by atoms with Crippen molar-refractivity contribution in [3.05, 3.63) is 65.7 Å². The first-order chi connectivity index (χ1) is 13.1. The predicted molar refractivity (Wildman–Crippen MR) is 114 cm³/mol. The lowest BCUT2D eigenvalue weighted by Gasteiger charge is -2.29. The molecule has 0 aliphatic rings. The van der Waals surface area contributed by atoms with E-state index in [1.807, 2.05) is 0 Å². The van der Waals surface area contributed by atoms with Crippen molar-refractivity contribution >= 4 is 38.9 Å². The molecule has 0 saturated heterocycles. The molecule has 150 valence electrons. The van der Waals surface area contributed by atoms with E-state index in [4.69, 9.17) is 16.3 Å². The molecule has 6 nitrogen and oxygen atoms in total. The van der Waals surface area contributed by atoms with Gasteiger partial charge in [0, 0.05) is 10.7 Å². The molecule has 0 bridgehead atoms. The highest BCUT2D eigenvalue weighted by molar-refractivity contribution is 7.92. The van der Waals surface area contributed by atoms with Crippen molar-refractivity contribution in [3.63, 3.8) is 0 Å². The van der Waals surface area contributed by atoms with E-state index in [1.54, 1.807) is 49.4 Å². The number of nitrogens with one attached hydrogen (secondary N) is 1. The Labute approximate surface area is 170 Å². The van der Waals surface area contributed by atoms with E-state index >= 15 is 0 Å². The van der Waals surface area contributed by atoms with Gasteiger partial charge in [-0.1, -0.05) is 30.3 Å². The summed E-state index contributed by atoms with van der Waals surface area (Å²) in [6.07, 6.45) is 2.69.